The monoisotopic (exact) mass is 526 g/mol. The highest BCUT2D eigenvalue weighted by Crippen LogP contribution is 2.30. The third-order valence-corrected chi connectivity index (χ3v) is 5.58. The molecule has 0 saturated carbocycles. The van der Waals surface area contributed by atoms with Crippen molar-refractivity contribution in [2.45, 2.75) is 13.5 Å². The summed E-state index contributed by atoms with van der Waals surface area (Å²) in [4.78, 5) is 27.3. The molecule has 2 aromatic heterocycles. The number of hydrogen-bond acceptors (Lipinski definition) is 8. The molecule has 1 amide bonds. The van der Waals surface area contributed by atoms with Gasteiger partial charge in [0, 0.05) is 22.7 Å². The van der Waals surface area contributed by atoms with Crippen LogP contribution in [-0.4, -0.2) is 41.9 Å². The lowest BCUT2D eigenvalue weighted by molar-refractivity contribution is -0.123. The van der Waals surface area contributed by atoms with Gasteiger partial charge in [-0.3, -0.25) is 4.79 Å². The molecule has 2 heterocycles. The topological polar surface area (TPSA) is 147 Å². The summed E-state index contributed by atoms with van der Waals surface area (Å²) in [6.45, 7) is 1.50. The predicted octanol–water partition coefficient (Wildman–Crippen LogP) is 3.66. The molecule has 0 saturated heterocycles. The van der Waals surface area contributed by atoms with Crippen LogP contribution in [0.3, 0.4) is 0 Å². The highest BCUT2D eigenvalue weighted by molar-refractivity contribution is 9.10. The van der Waals surface area contributed by atoms with Crippen LogP contribution in [0.25, 0.3) is 11.3 Å². The van der Waals surface area contributed by atoms with E-state index >= 15 is 0 Å². The number of furan rings is 1. The number of aromatic nitrogens is 1. The molecule has 0 radical (unpaired) electrons. The van der Waals surface area contributed by atoms with Crippen LogP contribution in [0.2, 0.25) is 0 Å². The first-order valence-electron chi connectivity index (χ1n) is 9.80. The number of hydrazone groups is 1. The summed E-state index contributed by atoms with van der Waals surface area (Å²) in [7, 11) is 1.51. The minimum atomic E-state index is -1.01. The average molecular weight is 527 g/mol. The summed E-state index contributed by atoms with van der Waals surface area (Å²) in [6.07, 6.45) is 1.31. The van der Waals surface area contributed by atoms with Crippen LogP contribution < -0.4 is 10.2 Å². The Kier molecular flexibility index (Phi) is 8.13. The van der Waals surface area contributed by atoms with Gasteiger partial charge in [0.2, 0.25) is 5.88 Å². The number of halogens is 1. The summed E-state index contributed by atoms with van der Waals surface area (Å²) >= 11 is 3.39. The Balaban J connectivity index is 1.59. The number of rotatable bonds is 9. The fraction of sp³-hybridized carbons (Fsp3) is 0.174. The summed E-state index contributed by atoms with van der Waals surface area (Å²) < 4.78 is 16.8. The van der Waals surface area contributed by atoms with E-state index in [-0.39, 0.29) is 23.6 Å². The molecule has 0 unspecified atom stereocenters. The number of carbonyl (C=O) groups excluding carboxylic acids is 1. The van der Waals surface area contributed by atoms with Gasteiger partial charge >= 0.3 is 5.97 Å². The Morgan fingerprint density at radius 1 is 1.29 bits per heavy atom. The number of nitrogens with one attached hydrogen (secondary N) is 1. The number of aromatic carboxylic acids is 1. The number of ether oxygens (including phenoxy) is 2. The Bertz CT molecular complexity index is 1280. The van der Waals surface area contributed by atoms with Crippen molar-refractivity contribution in [1.29, 1.82) is 5.26 Å². The van der Waals surface area contributed by atoms with Crippen molar-refractivity contribution in [2.75, 3.05) is 13.7 Å². The zero-order chi connectivity index (χ0) is 24.7. The first kappa shape index (κ1) is 24.6. The number of methoxy groups -OCH3 is 1. The number of benzene rings is 1. The predicted molar refractivity (Wildman–Crippen MR) is 124 cm³/mol. The number of carboxylic acid groups (broad SMARTS) is 1. The van der Waals surface area contributed by atoms with Crippen molar-refractivity contribution in [1.82, 2.24) is 10.4 Å². The molecule has 174 valence electrons. The van der Waals surface area contributed by atoms with E-state index in [9.17, 15) is 14.9 Å². The van der Waals surface area contributed by atoms with Crippen molar-refractivity contribution in [3.05, 3.63) is 69.0 Å². The highest BCUT2D eigenvalue weighted by Gasteiger charge is 2.18. The standard InChI is InChI=1S/C23H19BrN4O6/c1-13-21(24)18(11-32-2)17(9-25)22(27-13)33-12-20(29)28-26-10-16-7-8-19(34-16)14-3-5-15(6-4-14)23(30)31/h3-8,10H,11-12H2,1-2H3,(H,28,29)(H,30,31)/b26-10-. The maximum atomic E-state index is 12.1. The summed E-state index contributed by atoms with van der Waals surface area (Å²) in [5.41, 5.74) is 4.52. The van der Waals surface area contributed by atoms with Gasteiger partial charge in [-0.2, -0.15) is 10.4 Å². The van der Waals surface area contributed by atoms with Crippen molar-refractivity contribution in [3.63, 3.8) is 0 Å². The fourth-order valence-corrected chi connectivity index (χ4v) is 3.30. The van der Waals surface area contributed by atoms with Crippen molar-refractivity contribution >= 4 is 34.0 Å². The van der Waals surface area contributed by atoms with E-state index in [1.165, 1.54) is 25.5 Å². The van der Waals surface area contributed by atoms with Crippen LogP contribution >= 0.6 is 15.9 Å². The van der Waals surface area contributed by atoms with E-state index in [4.69, 9.17) is 19.0 Å². The highest BCUT2D eigenvalue weighted by atomic mass is 79.9. The second-order valence-electron chi connectivity index (χ2n) is 6.88. The van der Waals surface area contributed by atoms with Crippen molar-refractivity contribution in [2.24, 2.45) is 5.10 Å². The Morgan fingerprint density at radius 3 is 2.68 bits per heavy atom. The molecule has 0 aliphatic rings. The number of amides is 1. The average Bonchev–Trinajstić information content (AvgIpc) is 3.30. The molecule has 2 N–H and O–H groups in total. The Hall–Kier alpha value is -4.01. The first-order valence-corrected chi connectivity index (χ1v) is 10.6. The molecule has 11 heteroatoms. The number of aryl methyl sites for hydroxylation is 1. The number of nitriles is 1. The Labute approximate surface area is 202 Å². The van der Waals surface area contributed by atoms with Gasteiger partial charge in [-0.25, -0.2) is 15.2 Å². The van der Waals surface area contributed by atoms with Gasteiger partial charge in [-0.15, -0.1) is 0 Å². The van der Waals surface area contributed by atoms with Crippen LogP contribution in [0.4, 0.5) is 0 Å². The van der Waals surface area contributed by atoms with Gasteiger partial charge in [-0.1, -0.05) is 12.1 Å². The lowest BCUT2D eigenvalue weighted by Gasteiger charge is -2.13. The molecule has 0 atom stereocenters. The smallest absolute Gasteiger partial charge is 0.335 e. The molecule has 0 aliphatic heterocycles. The molecule has 10 nitrogen and oxygen atoms in total. The SMILES string of the molecule is COCc1c(Br)c(C)nc(OCC(=O)N/N=C\c2ccc(-c3ccc(C(=O)O)cc3)o2)c1C#N. The number of pyridine rings is 1. The van der Waals surface area contributed by atoms with Crippen LogP contribution in [0.15, 0.2) is 50.4 Å². The molecule has 1 aromatic carbocycles. The number of hydrogen-bond donors (Lipinski definition) is 2. The van der Waals surface area contributed by atoms with E-state index in [0.717, 1.165) is 0 Å². The molecule has 0 spiro atoms. The lowest BCUT2D eigenvalue weighted by Crippen LogP contribution is -2.25. The van der Waals surface area contributed by atoms with Crippen molar-refractivity contribution in [3.8, 4) is 23.3 Å². The van der Waals surface area contributed by atoms with Crippen molar-refractivity contribution < 1.29 is 28.6 Å². The maximum Gasteiger partial charge on any atom is 0.335 e. The molecule has 3 rings (SSSR count). The number of nitrogens with zero attached hydrogens (tertiary/aromatic N) is 3. The summed E-state index contributed by atoms with van der Waals surface area (Å²) in [5.74, 6) is -0.657. The van der Waals surface area contributed by atoms with Crippen LogP contribution in [0.5, 0.6) is 5.88 Å². The van der Waals surface area contributed by atoms with E-state index in [2.05, 4.69) is 31.4 Å². The molecule has 3 aromatic rings. The van der Waals surface area contributed by atoms with E-state index in [0.29, 0.717) is 32.8 Å². The van der Waals surface area contributed by atoms with Gasteiger partial charge in [-0.05, 0) is 47.1 Å². The molecule has 34 heavy (non-hydrogen) atoms. The second-order valence-corrected chi connectivity index (χ2v) is 7.67. The van der Waals surface area contributed by atoms with E-state index < -0.39 is 18.5 Å². The molecule has 0 bridgehead atoms. The van der Waals surface area contributed by atoms with Gasteiger partial charge < -0.3 is 19.0 Å². The van der Waals surface area contributed by atoms with Crippen LogP contribution in [0, 0.1) is 18.3 Å². The zero-order valence-corrected chi connectivity index (χ0v) is 19.7. The third-order valence-electron chi connectivity index (χ3n) is 4.53. The zero-order valence-electron chi connectivity index (χ0n) is 18.2. The van der Waals surface area contributed by atoms with Gasteiger partial charge in [0.1, 0.15) is 23.2 Å². The molecule has 0 fully saturated rings. The summed E-state index contributed by atoms with van der Waals surface area (Å²) in [5, 5.41) is 22.3. The summed E-state index contributed by atoms with van der Waals surface area (Å²) in [6, 6.07) is 11.6. The number of carboxylic acids is 1. The van der Waals surface area contributed by atoms with Gasteiger partial charge in [0.05, 0.1) is 24.1 Å². The van der Waals surface area contributed by atoms with Crippen LogP contribution in [-0.2, 0) is 16.1 Å². The minimum Gasteiger partial charge on any atom is -0.478 e. The quantitative estimate of drug-likeness (QED) is 0.317. The lowest BCUT2D eigenvalue weighted by atomic mass is 10.1. The third kappa shape index (κ3) is 5.86. The Morgan fingerprint density at radius 2 is 2.03 bits per heavy atom. The molecular formula is C23H19BrN4O6. The normalized spacial score (nSPS) is 10.8. The first-order chi connectivity index (χ1) is 16.3. The minimum absolute atomic E-state index is 0.0268. The molecule has 0 aliphatic carbocycles. The number of carbonyl (C=O) groups is 2. The maximum absolute atomic E-state index is 12.1. The fourth-order valence-electron chi connectivity index (χ4n) is 2.90. The van der Waals surface area contributed by atoms with Gasteiger partial charge in [0.25, 0.3) is 5.91 Å². The van der Waals surface area contributed by atoms with Crippen LogP contribution in [0.1, 0.15) is 32.9 Å². The van der Waals surface area contributed by atoms with E-state index in [1.54, 1.807) is 31.2 Å². The largest absolute Gasteiger partial charge is 0.478 e. The second kappa shape index (κ2) is 11.2. The van der Waals surface area contributed by atoms with E-state index in [1.807, 2.05) is 6.07 Å². The molecular weight excluding hydrogens is 508 g/mol. The van der Waals surface area contributed by atoms with Gasteiger partial charge in [0.15, 0.2) is 6.61 Å².